The maximum absolute atomic E-state index is 12.1. The summed E-state index contributed by atoms with van der Waals surface area (Å²) in [5.74, 6) is -0.232. The van der Waals surface area contributed by atoms with E-state index in [0.29, 0.717) is 16.3 Å². The van der Waals surface area contributed by atoms with E-state index in [9.17, 15) is 9.90 Å². The van der Waals surface area contributed by atoms with E-state index in [1.807, 2.05) is 6.07 Å². The van der Waals surface area contributed by atoms with E-state index in [1.54, 1.807) is 42.5 Å². The first-order valence-corrected chi connectivity index (χ1v) is 7.16. The van der Waals surface area contributed by atoms with Gasteiger partial charge in [0.25, 0.3) is 5.91 Å². The number of amides is 1. The molecule has 1 amide bonds. The third-order valence-electron chi connectivity index (χ3n) is 2.98. The van der Waals surface area contributed by atoms with Crippen LogP contribution in [0.25, 0.3) is 0 Å². The van der Waals surface area contributed by atoms with Crippen LogP contribution in [0.3, 0.4) is 0 Å². The van der Waals surface area contributed by atoms with Gasteiger partial charge >= 0.3 is 0 Å². The number of carbonyl (C=O) groups excluding carboxylic acids is 1. The van der Waals surface area contributed by atoms with Crippen LogP contribution in [0, 0.1) is 0 Å². The van der Waals surface area contributed by atoms with Crippen molar-refractivity contribution in [2.24, 2.45) is 0 Å². The lowest BCUT2D eigenvalue weighted by molar-refractivity contribution is 0.102. The van der Waals surface area contributed by atoms with Crippen LogP contribution >= 0.6 is 11.6 Å². The van der Waals surface area contributed by atoms with Crippen LogP contribution in [-0.2, 0) is 0 Å². The second-order valence-corrected chi connectivity index (χ2v) is 5.20. The van der Waals surface area contributed by atoms with Gasteiger partial charge in [0.15, 0.2) is 0 Å². The zero-order valence-electron chi connectivity index (χ0n) is 11.8. The molecule has 2 aromatic rings. The summed E-state index contributed by atoms with van der Waals surface area (Å²) in [5, 5.41) is 24.4. The predicted octanol–water partition coefficient (Wildman–Crippen LogP) is 2.36. The number of aliphatic hydroxyl groups is 2. The summed E-state index contributed by atoms with van der Waals surface area (Å²) in [6, 6.07) is 13.7. The van der Waals surface area contributed by atoms with Crippen molar-refractivity contribution in [1.29, 1.82) is 0 Å². The van der Waals surface area contributed by atoms with E-state index in [1.165, 1.54) is 0 Å². The van der Waals surface area contributed by atoms with Crippen molar-refractivity contribution in [2.75, 3.05) is 23.8 Å². The Bertz CT molecular complexity index is 632. The molecule has 0 aliphatic heterocycles. The van der Waals surface area contributed by atoms with E-state index in [-0.39, 0.29) is 19.1 Å². The zero-order chi connectivity index (χ0) is 15.9. The second-order valence-electron chi connectivity index (χ2n) is 4.76. The van der Waals surface area contributed by atoms with Crippen molar-refractivity contribution in [1.82, 2.24) is 0 Å². The summed E-state index contributed by atoms with van der Waals surface area (Å²) >= 11 is 5.79. The zero-order valence-corrected chi connectivity index (χ0v) is 12.5. The van der Waals surface area contributed by atoms with Crippen molar-refractivity contribution < 1.29 is 15.0 Å². The Morgan fingerprint density at radius 3 is 2.50 bits per heavy atom. The first kappa shape index (κ1) is 16.3. The Morgan fingerprint density at radius 1 is 1.14 bits per heavy atom. The van der Waals surface area contributed by atoms with Crippen molar-refractivity contribution in [3.63, 3.8) is 0 Å². The van der Waals surface area contributed by atoms with Gasteiger partial charge in [0.05, 0.1) is 12.7 Å². The second kappa shape index (κ2) is 7.79. The van der Waals surface area contributed by atoms with E-state index >= 15 is 0 Å². The number of hydrogen-bond donors (Lipinski definition) is 4. The number of halogens is 1. The largest absolute Gasteiger partial charge is 0.394 e. The van der Waals surface area contributed by atoms with Crippen LogP contribution in [-0.4, -0.2) is 35.4 Å². The van der Waals surface area contributed by atoms with Gasteiger partial charge in [-0.2, -0.15) is 0 Å². The first-order chi connectivity index (χ1) is 10.6. The Kier molecular flexibility index (Phi) is 5.77. The normalized spacial score (nSPS) is 11.8. The molecule has 0 saturated heterocycles. The fraction of sp³-hybridized carbons (Fsp3) is 0.188. The third kappa shape index (κ3) is 4.73. The molecule has 2 rings (SSSR count). The Morgan fingerprint density at radius 2 is 1.82 bits per heavy atom. The van der Waals surface area contributed by atoms with E-state index in [2.05, 4.69) is 10.6 Å². The number of hydrogen-bond acceptors (Lipinski definition) is 4. The van der Waals surface area contributed by atoms with Gasteiger partial charge < -0.3 is 20.8 Å². The predicted molar refractivity (Wildman–Crippen MR) is 87.4 cm³/mol. The lowest BCUT2D eigenvalue weighted by Gasteiger charge is -2.12. The number of aliphatic hydroxyl groups excluding tert-OH is 2. The molecule has 1 unspecified atom stereocenters. The highest BCUT2D eigenvalue weighted by molar-refractivity contribution is 6.30. The molecule has 0 spiro atoms. The van der Waals surface area contributed by atoms with E-state index in [4.69, 9.17) is 16.7 Å². The summed E-state index contributed by atoms with van der Waals surface area (Å²) in [6.45, 7) is -0.0783. The number of anilines is 2. The van der Waals surface area contributed by atoms with Gasteiger partial charge in [-0.1, -0.05) is 17.7 Å². The van der Waals surface area contributed by atoms with Crippen LogP contribution in [0.2, 0.25) is 5.02 Å². The minimum atomic E-state index is -0.827. The summed E-state index contributed by atoms with van der Waals surface area (Å²) in [4.78, 5) is 12.1. The van der Waals surface area contributed by atoms with Crippen molar-refractivity contribution in [2.45, 2.75) is 6.10 Å². The van der Waals surface area contributed by atoms with Gasteiger partial charge in [0.2, 0.25) is 0 Å². The van der Waals surface area contributed by atoms with Crippen LogP contribution in [0.15, 0.2) is 48.5 Å². The quantitative estimate of drug-likeness (QED) is 0.658. The van der Waals surface area contributed by atoms with Crippen LogP contribution in [0.4, 0.5) is 11.4 Å². The number of carbonyl (C=O) groups is 1. The Labute approximate surface area is 133 Å². The van der Waals surface area contributed by atoms with Crippen molar-refractivity contribution in [3.8, 4) is 0 Å². The molecule has 22 heavy (non-hydrogen) atoms. The molecule has 0 radical (unpaired) electrons. The molecule has 0 bridgehead atoms. The maximum atomic E-state index is 12.1. The third-order valence-corrected chi connectivity index (χ3v) is 3.23. The van der Waals surface area contributed by atoms with Gasteiger partial charge in [-0.25, -0.2) is 0 Å². The summed E-state index contributed by atoms with van der Waals surface area (Å²) in [7, 11) is 0. The highest BCUT2D eigenvalue weighted by Crippen LogP contribution is 2.17. The molecule has 116 valence electrons. The molecule has 2 aromatic carbocycles. The van der Waals surface area contributed by atoms with Gasteiger partial charge in [-0.15, -0.1) is 0 Å². The molecule has 5 nitrogen and oxygen atoms in total. The van der Waals surface area contributed by atoms with Gasteiger partial charge in [0.1, 0.15) is 0 Å². The molecular weight excluding hydrogens is 304 g/mol. The number of benzene rings is 2. The molecule has 0 aliphatic rings. The van der Waals surface area contributed by atoms with Crippen molar-refractivity contribution in [3.05, 3.63) is 59.1 Å². The first-order valence-electron chi connectivity index (χ1n) is 6.78. The van der Waals surface area contributed by atoms with E-state index < -0.39 is 6.10 Å². The monoisotopic (exact) mass is 320 g/mol. The lowest BCUT2D eigenvalue weighted by atomic mass is 10.2. The van der Waals surface area contributed by atoms with Gasteiger partial charge in [-0.3, -0.25) is 4.79 Å². The van der Waals surface area contributed by atoms with Crippen LogP contribution in [0.5, 0.6) is 0 Å². The minimum Gasteiger partial charge on any atom is -0.394 e. The fourth-order valence-electron chi connectivity index (χ4n) is 1.81. The average Bonchev–Trinajstić information content (AvgIpc) is 2.53. The molecule has 6 heteroatoms. The van der Waals surface area contributed by atoms with Crippen molar-refractivity contribution >= 4 is 28.9 Å². The molecule has 0 fully saturated rings. The molecule has 0 heterocycles. The number of nitrogens with one attached hydrogen (secondary N) is 2. The number of rotatable bonds is 6. The smallest absolute Gasteiger partial charge is 0.255 e. The Hall–Kier alpha value is -2.08. The molecule has 1 atom stereocenters. The molecule has 0 aliphatic carbocycles. The highest BCUT2D eigenvalue weighted by atomic mass is 35.5. The Balaban J connectivity index is 2.00. The van der Waals surface area contributed by atoms with Gasteiger partial charge in [-0.05, 0) is 42.5 Å². The molecule has 4 N–H and O–H groups in total. The topological polar surface area (TPSA) is 81.6 Å². The summed E-state index contributed by atoms with van der Waals surface area (Å²) < 4.78 is 0. The average molecular weight is 321 g/mol. The molecule has 0 saturated carbocycles. The minimum absolute atomic E-state index is 0.227. The molecule has 0 aromatic heterocycles. The summed E-state index contributed by atoms with van der Waals surface area (Å²) in [5.41, 5.74) is 1.88. The summed E-state index contributed by atoms with van der Waals surface area (Å²) in [6.07, 6.45) is -0.827. The van der Waals surface area contributed by atoms with E-state index in [0.717, 1.165) is 5.69 Å². The molecular formula is C16H17ClN2O3. The fourth-order valence-corrected chi connectivity index (χ4v) is 1.94. The van der Waals surface area contributed by atoms with Crippen LogP contribution in [0.1, 0.15) is 10.4 Å². The van der Waals surface area contributed by atoms with Crippen LogP contribution < -0.4 is 10.6 Å². The highest BCUT2D eigenvalue weighted by Gasteiger charge is 2.07. The standard InChI is InChI=1S/C16H17ClN2O3/c17-12-6-4-11(5-7-12)16(22)19-14-3-1-2-13(8-14)18-9-15(21)10-20/h1-8,15,18,20-21H,9-10H2,(H,19,22). The SMILES string of the molecule is O=C(Nc1cccc(NCC(O)CO)c1)c1ccc(Cl)cc1. The maximum Gasteiger partial charge on any atom is 0.255 e. The lowest BCUT2D eigenvalue weighted by Crippen LogP contribution is -2.23. The van der Waals surface area contributed by atoms with Gasteiger partial charge in [0, 0.05) is 28.5 Å².